The minimum Gasteiger partial charge on any atom is -0.323 e. The van der Waals surface area contributed by atoms with Crippen LogP contribution < -0.4 is 5.32 Å². The van der Waals surface area contributed by atoms with Crippen LogP contribution in [-0.4, -0.2) is 26.4 Å². The van der Waals surface area contributed by atoms with E-state index in [2.05, 4.69) is 21.6 Å². The van der Waals surface area contributed by atoms with Gasteiger partial charge in [-0.05, 0) is 30.0 Å². The second kappa shape index (κ2) is 8.07. The molecule has 5 nitrogen and oxygen atoms in total. The number of thioether (sulfide) groups is 1. The largest absolute Gasteiger partial charge is 0.323 e. The second-order valence-electron chi connectivity index (χ2n) is 4.95. The Kier molecular flexibility index (Phi) is 5.60. The molecule has 0 spiro atoms. The van der Waals surface area contributed by atoms with Crippen LogP contribution in [0.15, 0.2) is 53.3 Å². The number of thiophene rings is 1. The number of nitrogens with zero attached hydrogens (tertiary/aromatic N) is 3. The standard InChI is InChI=1S/C16H15FN4OS2/c17-13-5-1-2-6-14(13)19-15(22)10-24-16-20-18-11-21(16)8-7-12-4-3-9-23-12/h1-6,9,11H,7-8,10H2,(H,19,22). The van der Waals surface area contributed by atoms with Crippen molar-refractivity contribution >= 4 is 34.7 Å². The highest BCUT2D eigenvalue weighted by molar-refractivity contribution is 7.99. The molecule has 0 aliphatic carbocycles. The Balaban J connectivity index is 1.52. The lowest BCUT2D eigenvalue weighted by molar-refractivity contribution is -0.113. The van der Waals surface area contributed by atoms with Crippen LogP contribution in [0.1, 0.15) is 4.88 Å². The number of aromatic nitrogens is 3. The monoisotopic (exact) mass is 362 g/mol. The molecule has 24 heavy (non-hydrogen) atoms. The van der Waals surface area contributed by atoms with Crippen LogP contribution in [-0.2, 0) is 17.8 Å². The molecule has 0 aliphatic rings. The minimum absolute atomic E-state index is 0.145. The maximum atomic E-state index is 13.5. The number of nitrogens with one attached hydrogen (secondary N) is 1. The first-order valence-corrected chi connectivity index (χ1v) is 9.16. The lowest BCUT2D eigenvalue weighted by Crippen LogP contribution is -2.15. The van der Waals surface area contributed by atoms with Crippen molar-refractivity contribution in [3.05, 3.63) is 58.8 Å². The van der Waals surface area contributed by atoms with Crippen LogP contribution in [0.2, 0.25) is 0 Å². The van der Waals surface area contributed by atoms with Gasteiger partial charge in [0, 0.05) is 11.4 Å². The summed E-state index contributed by atoms with van der Waals surface area (Å²) >= 11 is 2.99. The SMILES string of the molecule is O=C(CSc1nncn1CCc1cccs1)Nc1ccccc1F. The molecule has 1 N–H and O–H groups in total. The first-order chi connectivity index (χ1) is 11.7. The molecule has 3 aromatic rings. The molecule has 1 amide bonds. The molecule has 8 heteroatoms. The van der Waals surface area contributed by atoms with Crippen LogP contribution in [0.25, 0.3) is 0 Å². The number of carbonyl (C=O) groups is 1. The number of amides is 1. The molecule has 0 aliphatic heterocycles. The molecule has 0 saturated carbocycles. The van der Waals surface area contributed by atoms with Crippen molar-refractivity contribution in [3.63, 3.8) is 0 Å². The number of carbonyl (C=O) groups excluding carboxylic acids is 1. The molecule has 2 aromatic heterocycles. The van der Waals surface area contributed by atoms with Crippen molar-refractivity contribution in [2.75, 3.05) is 11.1 Å². The maximum Gasteiger partial charge on any atom is 0.234 e. The fourth-order valence-corrected chi connectivity index (χ4v) is 3.51. The second-order valence-corrected chi connectivity index (χ2v) is 6.93. The van der Waals surface area contributed by atoms with Crippen LogP contribution in [0.4, 0.5) is 10.1 Å². The lowest BCUT2D eigenvalue weighted by atomic mass is 10.3. The Morgan fingerprint density at radius 3 is 2.96 bits per heavy atom. The summed E-state index contributed by atoms with van der Waals surface area (Å²) in [5.74, 6) is -0.584. The van der Waals surface area contributed by atoms with Gasteiger partial charge in [0.05, 0.1) is 11.4 Å². The third kappa shape index (κ3) is 4.42. The number of rotatable bonds is 7. The van der Waals surface area contributed by atoms with Gasteiger partial charge in [-0.1, -0.05) is 30.0 Å². The first kappa shape index (κ1) is 16.7. The minimum atomic E-state index is -0.449. The van der Waals surface area contributed by atoms with Crippen LogP contribution in [0.5, 0.6) is 0 Å². The number of halogens is 1. The molecule has 0 saturated heterocycles. The van der Waals surface area contributed by atoms with E-state index in [1.807, 2.05) is 16.0 Å². The van der Waals surface area contributed by atoms with Gasteiger partial charge in [0.1, 0.15) is 12.1 Å². The van der Waals surface area contributed by atoms with Gasteiger partial charge < -0.3 is 9.88 Å². The summed E-state index contributed by atoms with van der Waals surface area (Å²) in [6, 6.07) is 10.2. The summed E-state index contributed by atoms with van der Waals surface area (Å²) in [5.41, 5.74) is 0.183. The number of para-hydroxylation sites is 1. The average molecular weight is 362 g/mol. The highest BCUT2D eigenvalue weighted by Crippen LogP contribution is 2.18. The number of aryl methyl sites for hydroxylation is 2. The van der Waals surface area contributed by atoms with Crippen LogP contribution in [0, 0.1) is 5.82 Å². The molecule has 0 atom stereocenters. The third-order valence-electron chi connectivity index (χ3n) is 3.24. The zero-order valence-corrected chi connectivity index (χ0v) is 14.3. The maximum absolute atomic E-state index is 13.5. The first-order valence-electron chi connectivity index (χ1n) is 7.30. The highest BCUT2D eigenvalue weighted by Gasteiger charge is 2.11. The van der Waals surface area contributed by atoms with Gasteiger partial charge in [-0.2, -0.15) is 0 Å². The van der Waals surface area contributed by atoms with E-state index in [4.69, 9.17) is 0 Å². The Hall–Kier alpha value is -2.19. The van der Waals surface area contributed by atoms with E-state index in [0.717, 1.165) is 13.0 Å². The molecular weight excluding hydrogens is 347 g/mol. The topological polar surface area (TPSA) is 59.8 Å². The molecule has 0 radical (unpaired) electrons. The van der Waals surface area contributed by atoms with Gasteiger partial charge in [-0.15, -0.1) is 21.5 Å². The van der Waals surface area contributed by atoms with Crippen LogP contribution >= 0.6 is 23.1 Å². The van der Waals surface area contributed by atoms with Gasteiger partial charge in [0.25, 0.3) is 0 Å². The summed E-state index contributed by atoms with van der Waals surface area (Å²) in [6.07, 6.45) is 2.55. The van der Waals surface area contributed by atoms with E-state index < -0.39 is 5.82 Å². The average Bonchev–Trinajstić information content (AvgIpc) is 3.24. The quantitative estimate of drug-likeness (QED) is 0.654. The normalized spacial score (nSPS) is 10.7. The molecule has 0 bridgehead atoms. The zero-order valence-electron chi connectivity index (χ0n) is 12.7. The molecule has 3 rings (SSSR count). The molecule has 0 unspecified atom stereocenters. The van der Waals surface area contributed by atoms with Crippen molar-refractivity contribution < 1.29 is 9.18 Å². The van der Waals surface area contributed by atoms with Crippen LogP contribution in [0.3, 0.4) is 0 Å². The summed E-state index contributed by atoms with van der Waals surface area (Å²) in [6.45, 7) is 0.755. The van der Waals surface area contributed by atoms with Crippen molar-refractivity contribution in [1.29, 1.82) is 0 Å². The molecule has 0 fully saturated rings. The number of hydrogen-bond donors (Lipinski definition) is 1. The molecular formula is C16H15FN4OS2. The Morgan fingerprint density at radius 2 is 2.17 bits per heavy atom. The van der Waals surface area contributed by atoms with E-state index in [-0.39, 0.29) is 17.3 Å². The van der Waals surface area contributed by atoms with E-state index in [1.165, 1.54) is 28.8 Å². The van der Waals surface area contributed by atoms with Crippen molar-refractivity contribution in [2.24, 2.45) is 0 Å². The fourth-order valence-electron chi connectivity index (χ4n) is 2.07. The van der Waals surface area contributed by atoms with Gasteiger partial charge in [0.15, 0.2) is 5.16 Å². The Bertz CT molecular complexity index is 804. The number of anilines is 1. The summed E-state index contributed by atoms with van der Waals surface area (Å²) < 4.78 is 15.4. The van der Waals surface area contributed by atoms with Gasteiger partial charge >= 0.3 is 0 Å². The van der Waals surface area contributed by atoms with Crippen molar-refractivity contribution in [3.8, 4) is 0 Å². The van der Waals surface area contributed by atoms with E-state index in [9.17, 15) is 9.18 Å². The number of hydrogen-bond acceptors (Lipinski definition) is 5. The third-order valence-corrected chi connectivity index (χ3v) is 5.16. The van der Waals surface area contributed by atoms with E-state index >= 15 is 0 Å². The lowest BCUT2D eigenvalue weighted by Gasteiger charge is -2.07. The van der Waals surface area contributed by atoms with Gasteiger partial charge in [-0.3, -0.25) is 4.79 Å². The van der Waals surface area contributed by atoms with E-state index in [1.54, 1.807) is 29.8 Å². The number of benzene rings is 1. The summed E-state index contributed by atoms with van der Waals surface area (Å²) in [4.78, 5) is 13.3. The van der Waals surface area contributed by atoms with Crippen molar-refractivity contribution in [1.82, 2.24) is 14.8 Å². The summed E-state index contributed by atoms with van der Waals surface area (Å²) in [7, 11) is 0. The van der Waals surface area contributed by atoms with Crippen molar-refractivity contribution in [2.45, 2.75) is 18.1 Å². The van der Waals surface area contributed by atoms with Gasteiger partial charge in [-0.25, -0.2) is 4.39 Å². The van der Waals surface area contributed by atoms with E-state index in [0.29, 0.717) is 5.16 Å². The molecule has 124 valence electrons. The molecule has 1 aromatic carbocycles. The predicted octanol–water partition coefficient (Wildman–Crippen LogP) is 3.45. The fraction of sp³-hybridized carbons (Fsp3) is 0.188. The predicted molar refractivity (Wildman–Crippen MR) is 93.8 cm³/mol. The Labute approximate surface area is 146 Å². The summed E-state index contributed by atoms with van der Waals surface area (Å²) in [5, 5.41) is 13.2. The smallest absolute Gasteiger partial charge is 0.234 e. The zero-order chi connectivity index (χ0) is 16.8. The van der Waals surface area contributed by atoms with Gasteiger partial charge in [0.2, 0.25) is 5.91 Å². The molecule has 2 heterocycles. The Morgan fingerprint density at radius 1 is 1.29 bits per heavy atom. The highest BCUT2D eigenvalue weighted by atomic mass is 32.2.